The van der Waals surface area contributed by atoms with E-state index in [-0.39, 0.29) is 18.7 Å². The summed E-state index contributed by atoms with van der Waals surface area (Å²) in [4.78, 5) is 20.8. The van der Waals surface area contributed by atoms with Crippen LogP contribution in [0.25, 0.3) is 0 Å². The van der Waals surface area contributed by atoms with Crippen molar-refractivity contribution in [2.24, 2.45) is 0 Å². The Kier molecular flexibility index (Phi) is 3.90. The van der Waals surface area contributed by atoms with Crippen molar-refractivity contribution in [2.45, 2.75) is 31.7 Å². The summed E-state index contributed by atoms with van der Waals surface area (Å²) in [6.07, 6.45) is 6.00. The molecule has 0 spiro atoms. The largest absolute Gasteiger partial charge is 0.454 e. The van der Waals surface area contributed by atoms with E-state index in [4.69, 9.17) is 9.47 Å². The third-order valence-electron chi connectivity index (χ3n) is 4.21. The maximum absolute atomic E-state index is 12.3. The molecule has 1 aromatic heterocycles. The predicted molar refractivity (Wildman–Crippen MR) is 87.6 cm³/mol. The number of benzene rings is 1. The highest BCUT2D eigenvalue weighted by Gasteiger charge is 2.19. The monoisotopic (exact) mass is 326 g/mol. The van der Waals surface area contributed by atoms with Crippen LogP contribution in [0.15, 0.2) is 30.5 Å². The first kappa shape index (κ1) is 14.7. The maximum atomic E-state index is 12.3. The van der Waals surface area contributed by atoms with Gasteiger partial charge in [0.05, 0.1) is 0 Å². The molecule has 0 saturated heterocycles. The van der Waals surface area contributed by atoms with E-state index in [2.05, 4.69) is 20.6 Å². The van der Waals surface area contributed by atoms with Crippen molar-refractivity contribution in [3.8, 4) is 11.5 Å². The van der Waals surface area contributed by atoms with Crippen LogP contribution in [-0.2, 0) is 0 Å². The molecule has 1 aliphatic heterocycles. The zero-order valence-corrected chi connectivity index (χ0v) is 13.1. The Morgan fingerprint density at radius 3 is 2.83 bits per heavy atom. The number of carbonyl (C=O) groups is 1. The molecule has 0 radical (unpaired) electrons. The molecule has 24 heavy (non-hydrogen) atoms. The van der Waals surface area contributed by atoms with Gasteiger partial charge in [-0.1, -0.05) is 12.8 Å². The molecule has 2 aliphatic rings. The molecule has 2 aromatic rings. The average Bonchev–Trinajstić information content (AvgIpc) is 3.26. The lowest BCUT2D eigenvalue weighted by atomic mass is 10.2. The highest BCUT2D eigenvalue weighted by atomic mass is 16.7. The standard InChI is InChI=1S/C17H18N4O3/c22-16(19-11-3-1-2-4-11)13-7-8-18-17(21-13)20-12-5-6-14-15(9-12)24-10-23-14/h5-9,11H,1-4,10H2,(H,19,22)(H,18,20,21). The number of carbonyl (C=O) groups excluding carboxylic acids is 1. The summed E-state index contributed by atoms with van der Waals surface area (Å²) in [6, 6.07) is 7.37. The number of nitrogens with zero attached hydrogens (tertiary/aromatic N) is 2. The topological polar surface area (TPSA) is 85.4 Å². The molecule has 1 amide bonds. The van der Waals surface area contributed by atoms with Gasteiger partial charge in [-0.3, -0.25) is 4.79 Å². The summed E-state index contributed by atoms with van der Waals surface area (Å²) in [5, 5.41) is 6.11. The number of hydrogen-bond acceptors (Lipinski definition) is 6. The van der Waals surface area contributed by atoms with Crippen molar-refractivity contribution in [1.29, 1.82) is 0 Å². The molecule has 0 unspecified atom stereocenters. The van der Waals surface area contributed by atoms with Gasteiger partial charge in [0.15, 0.2) is 11.5 Å². The van der Waals surface area contributed by atoms with Gasteiger partial charge in [0, 0.05) is 24.0 Å². The van der Waals surface area contributed by atoms with Crippen LogP contribution in [0, 0.1) is 0 Å². The van der Waals surface area contributed by atoms with Gasteiger partial charge in [0.2, 0.25) is 12.7 Å². The second-order valence-corrected chi connectivity index (χ2v) is 5.91. The molecule has 1 fully saturated rings. The van der Waals surface area contributed by atoms with Crippen molar-refractivity contribution in [1.82, 2.24) is 15.3 Å². The molecule has 1 saturated carbocycles. The number of hydrogen-bond donors (Lipinski definition) is 2. The quantitative estimate of drug-likeness (QED) is 0.898. The van der Waals surface area contributed by atoms with Gasteiger partial charge in [0.1, 0.15) is 5.69 Å². The number of aromatic nitrogens is 2. The van der Waals surface area contributed by atoms with Crippen LogP contribution >= 0.6 is 0 Å². The van der Waals surface area contributed by atoms with Crippen LogP contribution in [0.3, 0.4) is 0 Å². The zero-order valence-electron chi connectivity index (χ0n) is 13.1. The van der Waals surface area contributed by atoms with Gasteiger partial charge >= 0.3 is 0 Å². The lowest BCUT2D eigenvalue weighted by Gasteiger charge is -2.12. The fourth-order valence-electron chi connectivity index (χ4n) is 2.98. The highest BCUT2D eigenvalue weighted by Crippen LogP contribution is 2.34. The fraction of sp³-hybridized carbons (Fsp3) is 0.353. The molecule has 0 atom stereocenters. The van der Waals surface area contributed by atoms with E-state index < -0.39 is 0 Å². The van der Waals surface area contributed by atoms with E-state index in [1.165, 1.54) is 12.8 Å². The van der Waals surface area contributed by atoms with Crippen LogP contribution in [0.4, 0.5) is 11.6 Å². The second-order valence-electron chi connectivity index (χ2n) is 5.91. The molecule has 124 valence electrons. The molecule has 7 heteroatoms. The SMILES string of the molecule is O=C(NC1CCCC1)c1ccnc(Nc2ccc3c(c2)OCO3)n1. The first-order chi connectivity index (χ1) is 11.8. The Morgan fingerprint density at radius 2 is 1.96 bits per heavy atom. The van der Waals surface area contributed by atoms with Crippen molar-refractivity contribution < 1.29 is 14.3 Å². The number of rotatable bonds is 4. The zero-order chi connectivity index (χ0) is 16.4. The van der Waals surface area contributed by atoms with Gasteiger partial charge in [-0.05, 0) is 31.0 Å². The molecule has 7 nitrogen and oxygen atoms in total. The van der Waals surface area contributed by atoms with Crippen LogP contribution in [-0.4, -0.2) is 28.7 Å². The molecular weight excluding hydrogens is 308 g/mol. The minimum atomic E-state index is -0.155. The Hall–Kier alpha value is -2.83. The van der Waals surface area contributed by atoms with Gasteiger partial charge in [-0.25, -0.2) is 9.97 Å². The predicted octanol–water partition coefficient (Wildman–Crippen LogP) is 2.62. The van der Waals surface area contributed by atoms with Crippen LogP contribution in [0.5, 0.6) is 11.5 Å². The molecular formula is C17H18N4O3. The summed E-state index contributed by atoms with van der Waals surface area (Å²) in [5.41, 5.74) is 1.13. The molecule has 2 N–H and O–H groups in total. The minimum absolute atomic E-state index is 0.155. The lowest BCUT2D eigenvalue weighted by molar-refractivity contribution is 0.0932. The van der Waals surface area contributed by atoms with E-state index in [9.17, 15) is 4.79 Å². The first-order valence-corrected chi connectivity index (χ1v) is 8.08. The molecule has 1 aromatic carbocycles. The molecule has 2 heterocycles. The van der Waals surface area contributed by atoms with Crippen LogP contribution < -0.4 is 20.1 Å². The van der Waals surface area contributed by atoms with Crippen molar-refractivity contribution in [2.75, 3.05) is 12.1 Å². The maximum Gasteiger partial charge on any atom is 0.270 e. The normalized spacial score (nSPS) is 16.2. The smallest absolute Gasteiger partial charge is 0.270 e. The average molecular weight is 326 g/mol. The fourth-order valence-corrected chi connectivity index (χ4v) is 2.98. The lowest BCUT2D eigenvalue weighted by Crippen LogP contribution is -2.33. The van der Waals surface area contributed by atoms with Crippen molar-refractivity contribution >= 4 is 17.5 Å². The van der Waals surface area contributed by atoms with Crippen LogP contribution in [0.1, 0.15) is 36.2 Å². The Labute approximate surface area is 139 Å². The van der Waals surface area contributed by atoms with E-state index in [1.807, 2.05) is 18.2 Å². The number of ether oxygens (including phenoxy) is 2. The number of anilines is 2. The van der Waals surface area contributed by atoms with Gasteiger partial charge < -0.3 is 20.1 Å². The van der Waals surface area contributed by atoms with Crippen LogP contribution in [0.2, 0.25) is 0 Å². The number of fused-ring (bicyclic) bond motifs is 1. The summed E-state index contributed by atoms with van der Waals surface area (Å²) in [5.74, 6) is 1.60. The minimum Gasteiger partial charge on any atom is -0.454 e. The highest BCUT2D eigenvalue weighted by molar-refractivity contribution is 5.92. The van der Waals surface area contributed by atoms with E-state index >= 15 is 0 Å². The van der Waals surface area contributed by atoms with Crippen molar-refractivity contribution in [3.63, 3.8) is 0 Å². The van der Waals surface area contributed by atoms with E-state index in [1.54, 1.807) is 12.3 Å². The second kappa shape index (κ2) is 6.35. The first-order valence-electron chi connectivity index (χ1n) is 8.08. The van der Waals surface area contributed by atoms with E-state index in [0.29, 0.717) is 23.1 Å². The molecule has 0 bridgehead atoms. The summed E-state index contributed by atoms with van der Waals surface area (Å²) < 4.78 is 10.6. The Bertz CT molecular complexity index is 759. The third-order valence-corrected chi connectivity index (χ3v) is 4.21. The van der Waals surface area contributed by atoms with Gasteiger partial charge in [-0.15, -0.1) is 0 Å². The Balaban J connectivity index is 1.47. The summed E-state index contributed by atoms with van der Waals surface area (Å²) in [7, 11) is 0. The van der Waals surface area contributed by atoms with Gasteiger partial charge in [0.25, 0.3) is 5.91 Å². The molecule has 1 aliphatic carbocycles. The number of amides is 1. The molecule has 4 rings (SSSR count). The van der Waals surface area contributed by atoms with Gasteiger partial charge in [-0.2, -0.15) is 0 Å². The van der Waals surface area contributed by atoms with E-state index in [0.717, 1.165) is 18.5 Å². The third kappa shape index (κ3) is 3.10. The van der Waals surface area contributed by atoms with Crippen molar-refractivity contribution in [3.05, 3.63) is 36.2 Å². The number of nitrogens with one attached hydrogen (secondary N) is 2. The summed E-state index contributed by atoms with van der Waals surface area (Å²) in [6.45, 7) is 0.228. The Morgan fingerprint density at radius 1 is 1.12 bits per heavy atom. The summed E-state index contributed by atoms with van der Waals surface area (Å²) >= 11 is 0.